The summed E-state index contributed by atoms with van der Waals surface area (Å²) in [6.07, 6.45) is 8.69. The standard InChI is InChI=1S/C39H42FN11O5/c1-23(2)56-32-17-27-24(16-28(32)43-36(53)26-18-42-49-13-5-12-41-35(26)49)19-50(45-27)25-10-14-47(15-11-25)20-39(40)21-48(22-39)29-6-4-7-30-34(29)46(3)38(55)51(30)31-8-9-33(52)44-37(31)54/h4-7,12-13,16-19,23,25,31H,8-11,14-15,20-22H2,1-3H3,(H,43,53)(H,44,52,54). The molecule has 4 aromatic heterocycles. The zero-order valence-corrected chi connectivity index (χ0v) is 31.3. The van der Waals surface area contributed by atoms with Crippen molar-refractivity contribution in [1.29, 1.82) is 0 Å². The summed E-state index contributed by atoms with van der Waals surface area (Å²) in [7, 11) is 1.66. The maximum Gasteiger partial charge on any atom is 0.329 e. The van der Waals surface area contributed by atoms with E-state index in [0.717, 1.165) is 29.4 Å². The quantitative estimate of drug-likeness (QED) is 0.208. The predicted octanol–water partition coefficient (Wildman–Crippen LogP) is 3.62. The number of anilines is 2. The SMILES string of the molecule is CC(C)Oc1cc2nn(C3CCN(CC4(F)CN(c5cccc6c5n(C)c(=O)n6C5CCC(=O)NC5=O)C4)CC3)cc2cc1NC(=O)c1cnn2cccnc12. The number of ether oxygens (including phenoxy) is 1. The van der Waals surface area contributed by atoms with Crippen LogP contribution in [0.25, 0.3) is 27.6 Å². The van der Waals surface area contributed by atoms with Crippen molar-refractivity contribution in [2.24, 2.45) is 7.05 Å². The van der Waals surface area contributed by atoms with Crippen LogP contribution in [0.15, 0.2) is 66.0 Å². The molecule has 0 saturated carbocycles. The number of aryl methyl sites for hydroxylation is 1. The number of imide groups is 1. The van der Waals surface area contributed by atoms with Gasteiger partial charge < -0.3 is 15.0 Å². The average Bonchev–Trinajstić information content (AvgIpc) is 3.85. The summed E-state index contributed by atoms with van der Waals surface area (Å²) in [4.78, 5) is 59.6. The van der Waals surface area contributed by atoms with Crippen molar-refractivity contribution >= 4 is 56.7 Å². The number of para-hydroxylation sites is 1. The molecule has 7 heterocycles. The van der Waals surface area contributed by atoms with Crippen molar-refractivity contribution in [3.8, 4) is 5.75 Å². The summed E-state index contributed by atoms with van der Waals surface area (Å²) >= 11 is 0. The third-order valence-corrected chi connectivity index (χ3v) is 11.1. The number of nitrogens with one attached hydrogen (secondary N) is 2. The molecule has 56 heavy (non-hydrogen) atoms. The number of halogens is 1. The number of nitrogens with zero attached hydrogens (tertiary/aromatic N) is 9. The fraction of sp³-hybridized carbons (Fsp3) is 0.410. The minimum Gasteiger partial charge on any atom is -0.489 e. The third kappa shape index (κ3) is 6.24. The van der Waals surface area contributed by atoms with Crippen LogP contribution in [0.1, 0.15) is 62.0 Å². The first-order chi connectivity index (χ1) is 26.9. The van der Waals surface area contributed by atoms with E-state index in [1.165, 1.54) is 15.3 Å². The minimum atomic E-state index is -1.42. The summed E-state index contributed by atoms with van der Waals surface area (Å²) in [5.41, 5.74) is 2.25. The van der Waals surface area contributed by atoms with Gasteiger partial charge in [0.2, 0.25) is 11.8 Å². The number of aromatic nitrogens is 7. The molecule has 290 valence electrons. The van der Waals surface area contributed by atoms with Crippen LogP contribution >= 0.6 is 0 Å². The summed E-state index contributed by atoms with van der Waals surface area (Å²) in [6.45, 7) is 5.93. The fourth-order valence-electron chi connectivity index (χ4n) is 8.44. The summed E-state index contributed by atoms with van der Waals surface area (Å²) in [6, 6.07) is 10.3. The number of benzene rings is 2. The van der Waals surface area contributed by atoms with E-state index >= 15 is 4.39 Å². The van der Waals surface area contributed by atoms with Gasteiger partial charge in [0.15, 0.2) is 11.3 Å². The smallest absolute Gasteiger partial charge is 0.329 e. The van der Waals surface area contributed by atoms with Crippen LogP contribution in [-0.4, -0.2) is 101 Å². The summed E-state index contributed by atoms with van der Waals surface area (Å²) in [5, 5.41) is 15.3. The highest BCUT2D eigenvalue weighted by Crippen LogP contribution is 2.38. The Kier molecular flexibility index (Phi) is 8.63. The number of likely N-dealkylation sites (tertiary alicyclic amines) is 1. The lowest BCUT2D eigenvalue weighted by atomic mass is 9.93. The average molecular weight is 764 g/mol. The van der Waals surface area contributed by atoms with E-state index in [9.17, 15) is 19.2 Å². The van der Waals surface area contributed by atoms with Crippen LogP contribution in [0, 0.1) is 0 Å². The van der Waals surface area contributed by atoms with Gasteiger partial charge in [0.05, 0.1) is 59.4 Å². The van der Waals surface area contributed by atoms with Gasteiger partial charge in [-0.3, -0.25) is 38.4 Å². The molecular weight excluding hydrogens is 721 g/mol. The zero-order chi connectivity index (χ0) is 38.9. The van der Waals surface area contributed by atoms with Gasteiger partial charge in [-0.1, -0.05) is 6.07 Å². The number of alkyl halides is 1. The molecular formula is C39H42FN11O5. The van der Waals surface area contributed by atoms with Crippen LogP contribution in [-0.2, 0) is 16.6 Å². The second kappa shape index (κ2) is 13.6. The molecule has 0 aliphatic carbocycles. The molecule has 1 unspecified atom stereocenters. The van der Waals surface area contributed by atoms with Gasteiger partial charge >= 0.3 is 5.69 Å². The molecule has 3 aliphatic rings. The lowest BCUT2D eigenvalue weighted by Gasteiger charge is -2.48. The second-order valence-electron chi connectivity index (χ2n) is 15.4. The fourth-order valence-corrected chi connectivity index (χ4v) is 8.44. The van der Waals surface area contributed by atoms with Gasteiger partial charge in [-0.25, -0.2) is 18.7 Å². The number of carbonyl (C=O) groups is 3. The first-order valence-electron chi connectivity index (χ1n) is 18.9. The lowest BCUT2D eigenvalue weighted by molar-refractivity contribution is -0.135. The molecule has 17 heteroatoms. The van der Waals surface area contributed by atoms with Gasteiger partial charge in [0.1, 0.15) is 17.4 Å². The first-order valence-corrected chi connectivity index (χ1v) is 18.9. The number of rotatable bonds is 9. The Morgan fingerprint density at radius 3 is 2.68 bits per heavy atom. The van der Waals surface area contributed by atoms with Crippen molar-refractivity contribution in [2.75, 3.05) is 42.9 Å². The minimum absolute atomic E-state index is 0.122. The molecule has 0 spiro atoms. The van der Waals surface area contributed by atoms with E-state index in [1.54, 1.807) is 36.1 Å². The van der Waals surface area contributed by atoms with Crippen molar-refractivity contribution in [3.05, 3.63) is 77.2 Å². The van der Waals surface area contributed by atoms with Crippen LogP contribution in [0.2, 0.25) is 0 Å². The number of hydrogen-bond donors (Lipinski definition) is 2. The molecule has 16 nitrogen and oxygen atoms in total. The third-order valence-electron chi connectivity index (χ3n) is 11.1. The van der Waals surface area contributed by atoms with Crippen molar-refractivity contribution in [2.45, 2.75) is 63.4 Å². The second-order valence-corrected chi connectivity index (χ2v) is 15.4. The molecule has 6 aromatic rings. The van der Waals surface area contributed by atoms with E-state index < -0.39 is 17.6 Å². The number of piperidine rings is 2. The zero-order valence-electron chi connectivity index (χ0n) is 31.3. The molecule has 2 aromatic carbocycles. The first kappa shape index (κ1) is 35.6. The highest BCUT2D eigenvalue weighted by molar-refractivity contribution is 6.09. The normalized spacial score (nSPS) is 19.2. The van der Waals surface area contributed by atoms with Crippen molar-refractivity contribution in [3.63, 3.8) is 0 Å². The monoisotopic (exact) mass is 763 g/mol. The maximum absolute atomic E-state index is 16.3. The maximum atomic E-state index is 16.3. The van der Waals surface area contributed by atoms with Crippen molar-refractivity contribution < 1.29 is 23.5 Å². The van der Waals surface area contributed by atoms with E-state index in [4.69, 9.17) is 9.84 Å². The van der Waals surface area contributed by atoms with Gasteiger partial charge in [-0.15, -0.1) is 0 Å². The molecule has 0 radical (unpaired) electrons. The molecule has 3 aliphatic heterocycles. The summed E-state index contributed by atoms with van der Waals surface area (Å²) in [5.74, 6) is -0.670. The van der Waals surface area contributed by atoms with Crippen molar-refractivity contribution in [1.82, 2.24) is 43.7 Å². The lowest BCUT2D eigenvalue weighted by Crippen LogP contribution is -2.64. The summed E-state index contributed by atoms with van der Waals surface area (Å²) < 4.78 is 28.9. The van der Waals surface area contributed by atoms with Gasteiger partial charge in [-0.2, -0.15) is 10.2 Å². The Morgan fingerprint density at radius 1 is 1.11 bits per heavy atom. The molecule has 3 amide bonds. The largest absolute Gasteiger partial charge is 0.489 e. The van der Waals surface area contributed by atoms with Gasteiger partial charge in [0, 0.05) is 63.1 Å². The Balaban J connectivity index is 0.858. The van der Waals surface area contributed by atoms with Gasteiger partial charge in [-0.05, 0) is 57.4 Å². The number of hydrogen-bond acceptors (Lipinski definition) is 10. The van der Waals surface area contributed by atoms with Crippen LogP contribution in [0.4, 0.5) is 15.8 Å². The highest BCUT2D eigenvalue weighted by Gasteiger charge is 2.46. The molecule has 0 bridgehead atoms. The van der Waals surface area contributed by atoms with Crippen LogP contribution in [0.3, 0.4) is 0 Å². The Hall–Kier alpha value is -6.10. The molecule has 3 saturated heterocycles. The molecule has 3 fully saturated rings. The predicted molar refractivity (Wildman–Crippen MR) is 206 cm³/mol. The molecule has 2 N–H and O–H groups in total. The van der Waals surface area contributed by atoms with E-state index in [1.807, 2.05) is 53.9 Å². The number of carbonyl (C=O) groups excluding carboxylic acids is 3. The highest BCUT2D eigenvalue weighted by atomic mass is 19.1. The van der Waals surface area contributed by atoms with Gasteiger partial charge in [0.25, 0.3) is 5.91 Å². The van der Waals surface area contributed by atoms with Crippen LogP contribution < -0.4 is 26.0 Å². The Bertz CT molecular complexity index is 2590. The number of amides is 3. The number of imidazole rings is 1. The van der Waals surface area contributed by atoms with E-state index in [-0.39, 0.29) is 55.6 Å². The van der Waals surface area contributed by atoms with Crippen LogP contribution in [0.5, 0.6) is 5.75 Å². The molecule has 1 atom stereocenters. The topological polar surface area (TPSA) is 166 Å². The number of fused-ring (bicyclic) bond motifs is 3. The molecule has 9 rings (SSSR count). The Labute approximate surface area is 319 Å². The Morgan fingerprint density at radius 2 is 1.91 bits per heavy atom. The van der Waals surface area contributed by atoms with E-state index in [0.29, 0.717) is 53.3 Å². The van der Waals surface area contributed by atoms with E-state index in [2.05, 4.69) is 25.6 Å².